The minimum atomic E-state index is -0.474. The number of rotatable bonds is 2. The Labute approximate surface area is 93.8 Å². The third-order valence-electron chi connectivity index (χ3n) is 2.23. The summed E-state index contributed by atoms with van der Waals surface area (Å²) in [5, 5.41) is 19.9. The first-order valence-corrected chi connectivity index (χ1v) is 5.10. The predicted octanol–water partition coefficient (Wildman–Crippen LogP) is 0.933. The molecule has 0 spiro atoms. The molecule has 1 aromatic heterocycles. The summed E-state index contributed by atoms with van der Waals surface area (Å²) in [5.74, 6) is 0. The first-order valence-electron chi connectivity index (χ1n) is 4.30. The second-order valence-electron chi connectivity index (χ2n) is 3.30. The Morgan fingerprint density at radius 3 is 2.80 bits per heavy atom. The minimum absolute atomic E-state index is 0.0451. The third kappa shape index (κ3) is 1.80. The molecule has 1 aliphatic heterocycles. The summed E-state index contributed by atoms with van der Waals surface area (Å²) in [6.07, 6.45) is 2.32. The maximum Gasteiger partial charge on any atom is 0.311 e. The molecule has 1 aromatic rings. The van der Waals surface area contributed by atoms with Crippen molar-refractivity contribution in [2.24, 2.45) is 0 Å². The van der Waals surface area contributed by atoms with Gasteiger partial charge in [-0.3, -0.25) is 15.1 Å². The average molecular weight is 274 g/mol. The Kier molecular flexibility index (Phi) is 2.57. The molecule has 7 heteroatoms. The number of aliphatic hydroxyl groups is 1. The van der Waals surface area contributed by atoms with Crippen LogP contribution in [0.1, 0.15) is 0 Å². The Balaban J connectivity index is 2.39. The lowest BCUT2D eigenvalue weighted by Crippen LogP contribution is -2.51. The molecule has 6 nitrogen and oxygen atoms in total. The van der Waals surface area contributed by atoms with Crippen LogP contribution in [0, 0.1) is 10.1 Å². The van der Waals surface area contributed by atoms with E-state index in [1.165, 1.54) is 12.4 Å². The average Bonchev–Trinajstić information content (AvgIpc) is 2.13. The number of nitro groups is 1. The van der Waals surface area contributed by atoms with Crippen molar-refractivity contribution < 1.29 is 10.0 Å². The summed E-state index contributed by atoms with van der Waals surface area (Å²) in [6, 6.07) is 0. The molecule has 0 saturated carbocycles. The van der Waals surface area contributed by atoms with Crippen molar-refractivity contribution in [3.05, 3.63) is 27.0 Å². The second-order valence-corrected chi connectivity index (χ2v) is 4.16. The lowest BCUT2D eigenvalue weighted by atomic mass is 10.1. The summed E-state index contributed by atoms with van der Waals surface area (Å²) in [7, 11) is 0. The molecule has 0 aliphatic carbocycles. The van der Waals surface area contributed by atoms with Crippen molar-refractivity contribution in [3.8, 4) is 0 Å². The van der Waals surface area contributed by atoms with E-state index in [0.29, 0.717) is 23.2 Å². The van der Waals surface area contributed by atoms with E-state index in [0.717, 1.165) is 0 Å². The highest BCUT2D eigenvalue weighted by Crippen LogP contribution is 2.36. The van der Waals surface area contributed by atoms with Gasteiger partial charge >= 0.3 is 5.69 Å². The summed E-state index contributed by atoms with van der Waals surface area (Å²) < 4.78 is 0.573. The molecule has 1 saturated heterocycles. The lowest BCUT2D eigenvalue weighted by molar-refractivity contribution is -0.384. The molecule has 1 N–H and O–H groups in total. The molecule has 0 atom stereocenters. The SMILES string of the molecule is O=[N+]([O-])c1cncc(Br)c1N1CC(O)C1. The van der Waals surface area contributed by atoms with Gasteiger partial charge in [-0.25, -0.2) is 0 Å². The normalized spacial score (nSPS) is 16.3. The Hall–Kier alpha value is -1.21. The molecule has 80 valence electrons. The molecule has 1 aliphatic rings. The van der Waals surface area contributed by atoms with Gasteiger partial charge in [0.15, 0.2) is 0 Å². The van der Waals surface area contributed by atoms with Gasteiger partial charge in [-0.1, -0.05) is 0 Å². The number of aliphatic hydroxyl groups excluding tert-OH is 1. The highest BCUT2D eigenvalue weighted by molar-refractivity contribution is 9.10. The Morgan fingerprint density at radius 1 is 1.60 bits per heavy atom. The van der Waals surface area contributed by atoms with Gasteiger partial charge in [0.25, 0.3) is 0 Å². The van der Waals surface area contributed by atoms with Gasteiger partial charge < -0.3 is 10.0 Å². The monoisotopic (exact) mass is 273 g/mol. The molecule has 0 unspecified atom stereocenters. The molecule has 2 rings (SSSR count). The van der Waals surface area contributed by atoms with E-state index in [-0.39, 0.29) is 5.69 Å². The van der Waals surface area contributed by atoms with Crippen LogP contribution in [0.25, 0.3) is 0 Å². The first-order chi connectivity index (χ1) is 7.09. The van der Waals surface area contributed by atoms with Crippen LogP contribution in [0.2, 0.25) is 0 Å². The van der Waals surface area contributed by atoms with Gasteiger partial charge in [-0.2, -0.15) is 0 Å². The first kappa shape index (κ1) is 10.3. The zero-order valence-corrected chi connectivity index (χ0v) is 9.22. The number of pyridine rings is 1. The smallest absolute Gasteiger partial charge is 0.311 e. The van der Waals surface area contributed by atoms with E-state index in [1.807, 2.05) is 0 Å². The predicted molar refractivity (Wildman–Crippen MR) is 56.8 cm³/mol. The fourth-order valence-corrected chi connectivity index (χ4v) is 2.07. The van der Waals surface area contributed by atoms with E-state index in [1.54, 1.807) is 4.90 Å². The number of anilines is 1. The van der Waals surface area contributed by atoms with E-state index in [9.17, 15) is 10.1 Å². The summed E-state index contributed by atoms with van der Waals surface area (Å²) in [5.41, 5.74) is 0.441. The van der Waals surface area contributed by atoms with Crippen molar-refractivity contribution in [2.75, 3.05) is 18.0 Å². The number of nitrogens with zero attached hydrogens (tertiary/aromatic N) is 3. The summed E-state index contributed by atoms with van der Waals surface area (Å²) in [6.45, 7) is 0.840. The van der Waals surface area contributed by atoms with E-state index >= 15 is 0 Å². The van der Waals surface area contributed by atoms with Crippen molar-refractivity contribution in [1.29, 1.82) is 0 Å². The molecular formula is C8H8BrN3O3. The van der Waals surface area contributed by atoms with Gasteiger partial charge in [0.1, 0.15) is 11.9 Å². The molecule has 15 heavy (non-hydrogen) atoms. The molecule has 0 amide bonds. The van der Waals surface area contributed by atoms with Crippen LogP contribution in [-0.2, 0) is 0 Å². The van der Waals surface area contributed by atoms with Gasteiger partial charge in [0.2, 0.25) is 0 Å². The Morgan fingerprint density at radius 2 is 2.27 bits per heavy atom. The van der Waals surface area contributed by atoms with Crippen LogP contribution in [0.5, 0.6) is 0 Å². The van der Waals surface area contributed by atoms with E-state index in [4.69, 9.17) is 5.11 Å². The van der Waals surface area contributed by atoms with Gasteiger partial charge in [0.05, 0.1) is 15.5 Å². The van der Waals surface area contributed by atoms with Crippen LogP contribution >= 0.6 is 15.9 Å². The molecular weight excluding hydrogens is 266 g/mol. The van der Waals surface area contributed by atoms with Crippen molar-refractivity contribution in [2.45, 2.75) is 6.10 Å². The van der Waals surface area contributed by atoms with Crippen LogP contribution in [0.15, 0.2) is 16.9 Å². The molecule has 1 fully saturated rings. The van der Waals surface area contributed by atoms with Gasteiger partial charge in [0, 0.05) is 19.3 Å². The standard InChI is InChI=1S/C8H8BrN3O3/c9-6-1-10-2-7(12(14)15)8(6)11-3-5(13)4-11/h1-2,5,13H,3-4H2. The van der Waals surface area contributed by atoms with Crippen LogP contribution in [0.4, 0.5) is 11.4 Å². The van der Waals surface area contributed by atoms with Crippen molar-refractivity contribution >= 4 is 27.3 Å². The molecule has 0 bridgehead atoms. The number of halogens is 1. The zero-order chi connectivity index (χ0) is 11.0. The Bertz CT molecular complexity index is 406. The van der Waals surface area contributed by atoms with Gasteiger partial charge in [-0.15, -0.1) is 0 Å². The highest BCUT2D eigenvalue weighted by Gasteiger charge is 2.31. The fourth-order valence-electron chi connectivity index (χ4n) is 1.50. The zero-order valence-electron chi connectivity index (χ0n) is 7.63. The molecule has 0 radical (unpaired) electrons. The number of hydrogen-bond acceptors (Lipinski definition) is 5. The van der Waals surface area contributed by atoms with Crippen molar-refractivity contribution in [3.63, 3.8) is 0 Å². The van der Waals surface area contributed by atoms with Crippen LogP contribution in [0.3, 0.4) is 0 Å². The van der Waals surface area contributed by atoms with E-state index < -0.39 is 11.0 Å². The molecule has 0 aromatic carbocycles. The maximum absolute atomic E-state index is 10.8. The van der Waals surface area contributed by atoms with Crippen LogP contribution in [-0.4, -0.2) is 34.2 Å². The van der Waals surface area contributed by atoms with Crippen LogP contribution < -0.4 is 4.90 Å². The topological polar surface area (TPSA) is 79.5 Å². The quantitative estimate of drug-likeness (QED) is 0.641. The number of β-amino-alcohol motifs (C(OH)–C–C–N with tert-alkyl or cyclic N) is 1. The largest absolute Gasteiger partial charge is 0.389 e. The minimum Gasteiger partial charge on any atom is -0.389 e. The van der Waals surface area contributed by atoms with Crippen molar-refractivity contribution in [1.82, 2.24) is 4.98 Å². The highest BCUT2D eigenvalue weighted by atomic mass is 79.9. The number of aromatic nitrogens is 1. The fraction of sp³-hybridized carbons (Fsp3) is 0.375. The third-order valence-corrected chi connectivity index (χ3v) is 2.81. The lowest BCUT2D eigenvalue weighted by Gasteiger charge is -2.37. The second kappa shape index (κ2) is 3.74. The summed E-state index contributed by atoms with van der Waals surface area (Å²) >= 11 is 3.22. The maximum atomic E-state index is 10.8. The van der Waals surface area contributed by atoms with Gasteiger partial charge in [-0.05, 0) is 15.9 Å². The summed E-state index contributed by atoms with van der Waals surface area (Å²) in [4.78, 5) is 15.8. The number of hydrogen-bond donors (Lipinski definition) is 1. The van der Waals surface area contributed by atoms with E-state index in [2.05, 4.69) is 20.9 Å². The molecule has 2 heterocycles.